The molecule has 0 radical (unpaired) electrons. The van der Waals surface area contributed by atoms with E-state index in [1.165, 1.54) is 12.1 Å². The highest BCUT2D eigenvalue weighted by atomic mass is 79.9. The zero-order chi connectivity index (χ0) is 14.7. The van der Waals surface area contributed by atoms with Crippen LogP contribution in [0.3, 0.4) is 0 Å². The molecule has 0 fully saturated rings. The molecule has 0 aliphatic carbocycles. The zero-order valence-electron chi connectivity index (χ0n) is 10.7. The van der Waals surface area contributed by atoms with Gasteiger partial charge < -0.3 is 9.84 Å². The number of aliphatic hydroxyl groups is 1. The molecular weight excluding hydrogens is 391 g/mol. The van der Waals surface area contributed by atoms with Gasteiger partial charge in [0.2, 0.25) is 0 Å². The van der Waals surface area contributed by atoms with Gasteiger partial charge in [-0.25, -0.2) is 4.39 Å². The van der Waals surface area contributed by atoms with Gasteiger partial charge in [0.25, 0.3) is 0 Å². The molecule has 0 aliphatic heterocycles. The predicted molar refractivity (Wildman–Crippen MR) is 83.5 cm³/mol. The van der Waals surface area contributed by atoms with Crippen LogP contribution in [0.1, 0.15) is 17.2 Å². The van der Waals surface area contributed by atoms with Gasteiger partial charge in [0.1, 0.15) is 11.6 Å². The van der Waals surface area contributed by atoms with E-state index in [9.17, 15) is 9.50 Å². The molecule has 0 amide bonds. The van der Waals surface area contributed by atoms with Crippen LogP contribution in [0.25, 0.3) is 0 Å². The number of hydrogen-bond acceptors (Lipinski definition) is 2. The molecule has 2 rings (SSSR count). The first-order chi connectivity index (χ1) is 9.51. The monoisotopic (exact) mass is 402 g/mol. The molecule has 0 saturated carbocycles. The Hall–Kier alpha value is -0.910. The Morgan fingerprint density at radius 1 is 1.15 bits per heavy atom. The molecule has 5 heteroatoms. The average Bonchev–Trinajstić information content (AvgIpc) is 2.43. The van der Waals surface area contributed by atoms with Gasteiger partial charge in [0.15, 0.2) is 0 Å². The quantitative estimate of drug-likeness (QED) is 0.805. The predicted octanol–water partition coefficient (Wildman–Crippen LogP) is 4.64. The third-order valence-electron chi connectivity index (χ3n) is 2.98. The fourth-order valence-corrected chi connectivity index (χ4v) is 2.84. The van der Waals surface area contributed by atoms with E-state index in [0.717, 1.165) is 8.95 Å². The smallest absolute Gasteiger partial charge is 0.123 e. The molecule has 2 aromatic rings. The van der Waals surface area contributed by atoms with Crippen LogP contribution in [0.15, 0.2) is 45.3 Å². The van der Waals surface area contributed by atoms with Crippen LogP contribution in [0.4, 0.5) is 4.39 Å². The number of rotatable bonds is 4. The highest BCUT2D eigenvalue weighted by molar-refractivity contribution is 9.10. The normalized spacial score (nSPS) is 12.2. The average molecular weight is 404 g/mol. The van der Waals surface area contributed by atoms with Gasteiger partial charge in [-0.3, -0.25) is 0 Å². The van der Waals surface area contributed by atoms with E-state index in [4.69, 9.17) is 4.74 Å². The van der Waals surface area contributed by atoms with Crippen molar-refractivity contribution in [2.45, 2.75) is 12.5 Å². The summed E-state index contributed by atoms with van der Waals surface area (Å²) in [7, 11) is 1.57. The van der Waals surface area contributed by atoms with Crippen LogP contribution in [0.5, 0.6) is 5.75 Å². The molecule has 0 aromatic heterocycles. The Bertz CT molecular complexity index is 617. The van der Waals surface area contributed by atoms with Crippen molar-refractivity contribution < 1.29 is 14.2 Å². The molecule has 20 heavy (non-hydrogen) atoms. The van der Waals surface area contributed by atoms with Gasteiger partial charge in [-0.05, 0) is 47.5 Å². The summed E-state index contributed by atoms with van der Waals surface area (Å²) in [6.07, 6.45) is -0.443. The van der Waals surface area contributed by atoms with E-state index in [-0.39, 0.29) is 5.82 Å². The summed E-state index contributed by atoms with van der Waals surface area (Å²) in [4.78, 5) is 0. The van der Waals surface area contributed by atoms with E-state index < -0.39 is 6.10 Å². The Morgan fingerprint density at radius 2 is 1.85 bits per heavy atom. The van der Waals surface area contributed by atoms with Crippen molar-refractivity contribution in [2.75, 3.05) is 7.11 Å². The van der Waals surface area contributed by atoms with Crippen molar-refractivity contribution in [1.29, 1.82) is 0 Å². The molecule has 0 bridgehead atoms. The molecule has 106 valence electrons. The topological polar surface area (TPSA) is 29.5 Å². The molecular formula is C15H13Br2FO2. The lowest BCUT2D eigenvalue weighted by molar-refractivity contribution is 0.177. The maximum atomic E-state index is 13.3. The summed E-state index contributed by atoms with van der Waals surface area (Å²) >= 11 is 6.77. The fourth-order valence-electron chi connectivity index (χ4n) is 1.92. The highest BCUT2D eigenvalue weighted by Crippen LogP contribution is 2.31. The zero-order valence-corrected chi connectivity index (χ0v) is 13.9. The third kappa shape index (κ3) is 3.59. The highest BCUT2D eigenvalue weighted by Gasteiger charge is 2.15. The van der Waals surface area contributed by atoms with Crippen molar-refractivity contribution in [3.8, 4) is 5.75 Å². The minimum absolute atomic E-state index is 0.310. The maximum absolute atomic E-state index is 13.3. The molecule has 1 unspecified atom stereocenters. The second-order valence-electron chi connectivity index (χ2n) is 4.34. The molecule has 0 aliphatic rings. The Labute approximate surface area is 133 Å². The molecule has 0 spiro atoms. The number of ether oxygens (including phenoxy) is 1. The van der Waals surface area contributed by atoms with Crippen LogP contribution in [0, 0.1) is 5.82 Å². The lowest BCUT2D eigenvalue weighted by Gasteiger charge is -2.15. The summed E-state index contributed by atoms with van der Waals surface area (Å²) in [5.74, 6) is 0.348. The van der Waals surface area contributed by atoms with Gasteiger partial charge in [-0.15, -0.1) is 0 Å². The molecule has 0 saturated heterocycles. The van der Waals surface area contributed by atoms with Gasteiger partial charge in [0, 0.05) is 15.4 Å². The maximum Gasteiger partial charge on any atom is 0.123 e. The number of benzene rings is 2. The first kappa shape index (κ1) is 15.5. The van der Waals surface area contributed by atoms with Gasteiger partial charge in [-0.2, -0.15) is 0 Å². The molecule has 2 nitrogen and oxygen atoms in total. The second kappa shape index (κ2) is 6.70. The second-order valence-corrected chi connectivity index (χ2v) is 6.05. The van der Waals surface area contributed by atoms with Crippen LogP contribution in [-0.2, 0) is 6.42 Å². The van der Waals surface area contributed by atoms with E-state index in [1.807, 2.05) is 6.07 Å². The van der Waals surface area contributed by atoms with E-state index >= 15 is 0 Å². The van der Waals surface area contributed by atoms with Crippen LogP contribution in [-0.4, -0.2) is 12.2 Å². The number of methoxy groups -OCH3 is 1. The van der Waals surface area contributed by atoms with E-state index in [1.54, 1.807) is 25.3 Å². The van der Waals surface area contributed by atoms with Gasteiger partial charge in [-0.1, -0.05) is 31.9 Å². The van der Waals surface area contributed by atoms with Crippen molar-refractivity contribution in [1.82, 2.24) is 0 Å². The minimum atomic E-state index is -0.752. The SMILES string of the molecule is COc1ccc(Br)c(C(O)Cc2cc(F)ccc2Br)c1. The van der Waals surface area contributed by atoms with Crippen molar-refractivity contribution >= 4 is 31.9 Å². The van der Waals surface area contributed by atoms with Crippen LogP contribution >= 0.6 is 31.9 Å². The fraction of sp³-hybridized carbons (Fsp3) is 0.200. The van der Waals surface area contributed by atoms with Crippen molar-refractivity contribution in [3.05, 3.63) is 62.3 Å². The summed E-state index contributed by atoms with van der Waals surface area (Å²) < 4.78 is 20.0. The number of halogens is 3. The van der Waals surface area contributed by atoms with Crippen LogP contribution in [0.2, 0.25) is 0 Å². The lowest BCUT2D eigenvalue weighted by atomic mass is 10.0. The molecule has 0 heterocycles. The Morgan fingerprint density at radius 3 is 2.55 bits per heavy atom. The standard InChI is InChI=1S/C15H13Br2FO2/c1-20-11-3-5-14(17)12(8-11)15(19)7-9-6-10(18)2-4-13(9)16/h2-6,8,15,19H,7H2,1H3. The Balaban J connectivity index is 2.27. The van der Waals surface area contributed by atoms with Crippen LogP contribution < -0.4 is 4.74 Å². The molecule has 1 N–H and O–H groups in total. The Kier molecular flexibility index (Phi) is 5.18. The third-order valence-corrected chi connectivity index (χ3v) is 4.48. The summed E-state index contributed by atoms with van der Waals surface area (Å²) in [6.45, 7) is 0. The van der Waals surface area contributed by atoms with E-state index in [0.29, 0.717) is 23.3 Å². The van der Waals surface area contributed by atoms with Crippen molar-refractivity contribution in [3.63, 3.8) is 0 Å². The summed E-state index contributed by atoms with van der Waals surface area (Å²) in [5.41, 5.74) is 1.42. The number of hydrogen-bond donors (Lipinski definition) is 1. The summed E-state index contributed by atoms with van der Waals surface area (Å²) in [5, 5.41) is 10.4. The van der Waals surface area contributed by atoms with Crippen molar-refractivity contribution in [2.24, 2.45) is 0 Å². The van der Waals surface area contributed by atoms with Gasteiger partial charge >= 0.3 is 0 Å². The van der Waals surface area contributed by atoms with Gasteiger partial charge in [0.05, 0.1) is 13.2 Å². The molecule has 1 atom stereocenters. The van der Waals surface area contributed by atoms with E-state index in [2.05, 4.69) is 31.9 Å². The summed E-state index contributed by atoms with van der Waals surface area (Å²) in [6, 6.07) is 9.82. The number of aliphatic hydroxyl groups excluding tert-OH is 1. The largest absolute Gasteiger partial charge is 0.497 e. The molecule has 2 aromatic carbocycles. The first-order valence-corrected chi connectivity index (χ1v) is 7.55. The lowest BCUT2D eigenvalue weighted by Crippen LogP contribution is -2.04. The minimum Gasteiger partial charge on any atom is -0.497 e. The first-order valence-electron chi connectivity index (χ1n) is 5.96.